The van der Waals surface area contributed by atoms with Crippen molar-refractivity contribution in [3.8, 4) is 23.0 Å². The second-order valence-corrected chi connectivity index (χ2v) is 14.0. The topological polar surface area (TPSA) is 155 Å². The molecule has 12 heteroatoms. The maximum atomic E-state index is 13.6. The molecule has 0 radical (unpaired) electrons. The Morgan fingerprint density at radius 3 is 2.58 bits per heavy atom. The zero-order valence-corrected chi connectivity index (χ0v) is 27.0. The van der Waals surface area contributed by atoms with Crippen LogP contribution >= 0.6 is 0 Å². The molecule has 45 heavy (non-hydrogen) atoms. The van der Waals surface area contributed by atoms with Crippen LogP contribution < -0.4 is 11.1 Å². The van der Waals surface area contributed by atoms with Crippen LogP contribution in [0, 0.1) is 17.8 Å². The van der Waals surface area contributed by atoms with Gasteiger partial charge in [0.1, 0.15) is 11.4 Å². The molecule has 0 atom stereocenters. The monoisotopic (exact) mass is 635 g/mol. The van der Waals surface area contributed by atoms with E-state index in [-0.39, 0.29) is 48.7 Å². The van der Waals surface area contributed by atoms with Gasteiger partial charge in [0.15, 0.2) is 0 Å². The van der Waals surface area contributed by atoms with E-state index in [1.165, 1.54) is 4.31 Å². The number of hydrogen-bond donors (Lipinski definition) is 3. The lowest BCUT2D eigenvalue weighted by Crippen LogP contribution is -2.51. The highest BCUT2D eigenvalue weighted by atomic mass is 32.2. The Morgan fingerprint density at radius 2 is 1.89 bits per heavy atom. The quantitative estimate of drug-likeness (QED) is 0.356. The van der Waals surface area contributed by atoms with E-state index in [1.54, 1.807) is 49.9 Å². The van der Waals surface area contributed by atoms with Crippen molar-refractivity contribution < 1.29 is 27.9 Å². The Kier molecular flexibility index (Phi) is 10.7. The van der Waals surface area contributed by atoms with Gasteiger partial charge in [0.05, 0.1) is 23.7 Å². The summed E-state index contributed by atoms with van der Waals surface area (Å²) in [6.07, 6.45) is 2.12. The number of benzene rings is 2. The fraction of sp³-hybridized carbons (Fsp3) is 0.424. The van der Waals surface area contributed by atoms with Gasteiger partial charge in [-0.1, -0.05) is 43.0 Å². The van der Waals surface area contributed by atoms with E-state index in [0.29, 0.717) is 42.0 Å². The number of aliphatic hydroxyl groups excluding tert-OH is 1. The summed E-state index contributed by atoms with van der Waals surface area (Å²) >= 11 is 0. The highest BCUT2D eigenvalue weighted by molar-refractivity contribution is 7.89. The number of hydrogen-bond acceptors (Lipinski definition) is 8. The second-order valence-electron chi connectivity index (χ2n) is 12.1. The van der Waals surface area contributed by atoms with Crippen molar-refractivity contribution in [1.29, 1.82) is 0 Å². The van der Waals surface area contributed by atoms with E-state index in [0.717, 1.165) is 12.0 Å². The molecular formula is C33H41N5O6S. The van der Waals surface area contributed by atoms with Gasteiger partial charge in [0.25, 0.3) is 5.91 Å². The first-order valence-electron chi connectivity index (χ1n) is 14.9. The molecule has 2 aliphatic rings. The minimum absolute atomic E-state index is 0.0317. The lowest BCUT2D eigenvalue weighted by Gasteiger charge is -2.36. The van der Waals surface area contributed by atoms with E-state index < -0.39 is 21.7 Å². The molecule has 11 nitrogen and oxygen atoms in total. The third kappa shape index (κ3) is 8.72. The molecule has 2 aromatic carbocycles. The molecule has 0 saturated carbocycles. The van der Waals surface area contributed by atoms with Gasteiger partial charge in [-0.15, -0.1) is 0 Å². The molecule has 2 aliphatic heterocycles. The summed E-state index contributed by atoms with van der Waals surface area (Å²) < 4.78 is 32.7. The lowest BCUT2D eigenvalue weighted by atomic mass is 10.0. The molecule has 0 bridgehead atoms. The molecule has 0 aromatic heterocycles. The number of ether oxygens (including phenoxy) is 1. The van der Waals surface area contributed by atoms with Crippen LogP contribution in [0.3, 0.4) is 0 Å². The molecule has 2 aromatic rings. The smallest absolute Gasteiger partial charge is 0.408 e. The Hall–Kier alpha value is -4.18. The number of aliphatic hydroxyl groups is 1. The normalized spacial score (nSPS) is 15.3. The summed E-state index contributed by atoms with van der Waals surface area (Å²) in [7, 11) is -3.67. The molecule has 4 rings (SSSR count). The average molecular weight is 636 g/mol. The van der Waals surface area contributed by atoms with Crippen molar-refractivity contribution >= 4 is 39.6 Å². The minimum Gasteiger partial charge on any atom is -0.444 e. The number of carbonyl (C=O) groups is 2. The highest BCUT2D eigenvalue weighted by Crippen LogP contribution is 2.34. The van der Waals surface area contributed by atoms with Crippen molar-refractivity contribution in [2.75, 3.05) is 39.3 Å². The zero-order valence-electron chi connectivity index (χ0n) is 26.2. The van der Waals surface area contributed by atoms with E-state index in [9.17, 15) is 23.1 Å². The first-order chi connectivity index (χ1) is 21.3. The van der Waals surface area contributed by atoms with Crippen LogP contribution in [0.25, 0.3) is 17.2 Å². The Balaban J connectivity index is 1.50. The molecule has 0 spiro atoms. The predicted molar refractivity (Wildman–Crippen MR) is 174 cm³/mol. The Bertz CT molecular complexity index is 1660. The summed E-state index contributed by atoms with van der Waals surface area (Å²) in [5, 5.41) is 11.9. The lowest BCUT2D eigenvalue weighted by molar-refractivity contribution is -0.126. The Morgan fingerprint density at radius 1 is 1.16 bits per heavy atom. The number of aliphatic imine (C=N–C) groups is 1. The van der Waals surface area contributed by atoms with Crippen molar-refractivity contribution in [3.05, 3.63) is 53.6 Å². The number of fused-ring (bicyclic) bond motifs is 1. The van der Waals surface area contributed by atoms with Gasteiger partial charge in [-0.2, -0.15) is 4.31 Å². The number of nitrogens with one attached hydrogen (secondary N) is 1. The van der Waals surface area contributed by atoms with Crippen LogP contribution in [0.5, 0.6) is 0 Å². The fourth-order valence-corrected chi connectivity index (χ4v) is 6.54. The molecule has 240 valence electrons. The zero-order chi connectivity index (χ0) is 32.8. The number of alkyl carbamates (subject to hydrolysis) is 1. The summed E-state index contributed by atoms with van der Waals surface area (Å²) in [5.41, 5.74) is 8.89. The molecular weight excluding hydrogens is 594 g/mol. The summed E-state index contributed by atoms with van der Waals surface area (Å²) in [5.74, 6) is 5.87. The van der Waals surface area contributed by atoms with E-state index in [1.807, 2.05) is 31.2 Å². The van der Waals surface area contributed by atoms with Gasteiger partial charge >= 0.3 is 6.09 Å². The van der Waals surface area contributed by atoms with E-state index in [2.05, 4.69) is 22.2 Å². The first kappa shape index (κ1) is 33.7. The first-order valence-corrected chi connectivity index (χ1v) is 16.4. The van der Waals surface area contributed by atoms with Crippen LogP contribution in [-0.4, -0.2) is 85.5 Å². The number of rotatable bonds is 9. The largest absolute Gasteiger partial charge is 0.444 e. The van der Waals surface area contributed by atoms with Crippen molar-refractivity contribution in [2.24, 2.45) is 16.6 Å². The number of carbonyl (C=O) groups excluding carboxylic acids is 2. The maximum absolute atomic E-state index is 13.6. The van der Waals surface area contributed by atoms with E-state index >= 15 is 0 Å². The second kappa shape index (κ2) is 14.3. The van der Waals surface area contributed by atoms with Crippen LogP contribution in [0.2, 0.25) is 0 Å². The third-order valence-electron chi connectivity index (χ3n) is 7.15. The van der Waals surface area contributed by atoms with Crippen molar-refractivity contribution in [2.45, 2.75) is 51.0 Å². The SMILES string of the molecule is CCCN(CC#CCNC(=O)OC(C)(C)C)C(=O)C1=Cc2ccc(-c3cccc(S(=O)(=O)N4CC(CO)C4)c3)cc2N=C(N)C1. The van der Waals surface area contributed by atoms with Crippen molar-refractivity contribution in [1.82, 2.24) is 14.5 Å². The van der Waals surface area contributed by atoms with Gasteiger partial charge in [-0.05, 0) is 62.6 Å². The number of nitrogens with zero attached hydrogens (tertiary/aromatic N) is 3. The summed E-state index contributed by atoms with van der Waals surface area (Å²) in [6.45, 7) is 8.65. The Labute approximate surface area is 265 Å². The van der Waals surface area contributed by atoms with Crippen LogP contribution in [0.1, 0.15) is 46.1 Å². The molecule has 0 aliphatic carbocycles. The van der Waals surface area contributed by atoms with Gasteiger partial charge in [0, 0.05) is 49.7 Å². The predicted octanol–water partition coefficient (Wildman–Crippen LogP) is 3.51. The van der Waals surface area contributed by atoms with Gasteiger partial charge in [-0.25, -0.2) is 18.2 Å². The van der Waals surface area contributed by atoms with Gasteiger partial charge in [0.2, 0.25) is 10.0 Å². The summed E-state index contributed by atoms with van der Waals surface area (Å²) in [4.78, 5) is 31.8. The molecule has 4 N–H and O–H groups in total. The van der Waals surface area contributed by atoms with Crippen LogP contribution in [0.4, 0.5) is 10.5 Å². The van der Waals surface area contributed by atoms with Crippen LogP contribution in [0.15, 0.2) is 57.9 Å². The average Bonchev–Trinajstić information content (AvgIpc) is 3.12. The molecule has 2 amide bonds. The van der Waals surface area contributed by atoms with Gasteiger partial charge < -0.3 is 25.8 Å². The number of amides is 2. The highest BCUT2D eigenvalue weighted by Gasteiger charge is 2.36. The summed E-state index contributed by atoms with van der Waals surface area (Å²) in [6, 6.07) is 12.3. The van der Waals surface area contributed by atoms with Crippen LogP contribution in [-0.2, 0) is 19.6 Å². The van der Waals surface area contributed by atoms with E-state index in [4.69, 9.17) is 10.5 Å². The number of nitrogens with two attached hydrogens (primary N) is 1. The molecule has 1 saturated heterocycles. The molecule has 1 fully saturated rings. The minimum atomic E-state index is -3.67. The standard InChI is InChI=1S/C33H41N5O6S/c1-5-14-37(15-7-6-13-35-32(41)44-33(2,3)4)31(40)27-16-26-12-11-25(18-29(26)36-30(34)19-27)24-9-8-10-28(17-24)45(42,43)38-20-23(21-38)22-39/h8-12,16-18,23,39H,5,13-15,19-22H2,1-4H3,(H2,34,36)(H,35,41). The fourth-order valence-electron chi connectivity index (χ4n) is 4.90. The number of sulfonamides is 1. The van der Waals surface area contributed by atoms with Gasteiger partial charge in [-0.3, -0.25) is 4.79 Å². The molecule has 0 unspecified atom stereocenters. The van der Waals surface area contributed by atoms with Crippen molar-refractivity contribution in [3.63, 3.8) is 0 Å². The number of amidine groups is 1. The maximum Gasteiger partial charge on any atom is 0.408 e. The molecule has 2 heterocycles. The third-order valence-corrected chi connectivity index (χ3v) is 8.98.